The number of thiazole rings is 1. The van der Waals surface area contributed by atoms with Crippen molar-refractivity contribution >= 4 is 32.6 Å². The van der Waals surface area contributed by atoms with Crippen LogP contribution < -0.4 is 10.6 Å². The summed E-state index contributed by atoms with van der Waals surface area (Å²) in [7, 11) is 0. The highest BCUT2D eigenvalue weighted by molar-refractivity contribution is 7.22. The number of nitrogens with zero attached hydrogens (tertiary/aromatic N) is 2. The van der Waals surface area contributed by atoms with Crippen molar-refractivity contribution in [1.29, 1.82) is 0 Å². The summed E-state index contributed by atoms with van der Waals surface area (Å²) in [4.78, 5) is 18.4. The number of benzene rings is 1. The van der Waals surface area contributed by atoms with Crippen LogP contribution in [-0.4, -0.2) is 24.0 Å². The number of hydrogen-bond acceptors (Lipinski definition) is 4. The quantitative estimate of drug-likeness (QED) is 0.924. The van der Waals surface area contributed by atoms with Crippen LogP contribution >= 0.6 is 11.3 Å². The molecule has 4 nitrogen and oxygen atoms in total. The lowest BCUT2D eigenvalue weighted by Crippen LogP contribution is -2.41. The predicted molar refractivity (Wildman–Crippen MR) is 83.2 cm³/mol. The molecule has 0 spiro atoms. The molecule has 1 aliphatic heterocycles. The number of carbonyl (C=O) groups is 1. The standard InChI is InChI=1S/C15H19N3OS/c1-9-5-6-12-13(10(9)2)17-15(20-12)18-7-3-4-11(8-18)14(16)19/h5-6,11H,3-4,7-8H2,1-2H3,(H2,16,19). The molecule has 106 valence electrons. The van der Waals surface area contributed by atoms with Crippen molar-refractivity contribution in [2.45, 2.75) is 26.7 Å². The molecule has 1 unspecified atom stereocenters. The van der Waals surface area contributed by atoms with E-state index in [9.17, 15) is 4.79 Å². The van der Waals surface area contributed by atoms with Crippen molar-refractivity contribution < 1.29 is 4.79 Å². The highest BCUT2D eigenvalue weighted by Gasteiger charge is 2.26. The fourth-order valence-electron chi connectivity index (χ4n) is 2.73. The molecule has 2 aromatic rings. The van der Waals surface area contributed by atoms with Crippen LogP contribution in [0.4, 0.5) is 5.13 Å². The van der Waals surface area contributed by atoms with E-state index in [4.69, 9.17) is 10.7 Å². The van der Waals surface area contributed by atoms with E-state index in [1.54, 1.807) is 11.3 Å². The number of amides is 1. The number of carbonyl (C=O) groups excluding carboxylic acids is 1. The summed E-state index contributed by atoms with van der Waals surface area (Å²) in [5, 5.41) is 1.01. The van der Waals surface area contributed by atoms with E-state index >= 15 is 0 Å². The highest BCUT2D eigenvalue weighted by Crippen LogP contribution is 2.33. The molecule has 1 amide bonds. The molecule has 20 heavy (non-hydrogen) atoms. The number of fused-ring (bicyclic) bond motifs is 1. The first kappa shape index (κ1) is 13.4. The lowest BCUT2D eigenvalue weighted by Gasteiger charge is -2.30. The van der Waals surface area contributed by atoms with Crippen LogP contribution in [0.25, 0.3) is 10.2 Å². The molecule has 1 atom stereocenters. The first-order chi connectivity index (χ1) is 9.56. The van der Waals surface area contributed by atoms with Gasteiger partial charge in [-0.2, -0.15) is 0 Å². The van der Waals surface area contributed by atoms with Gasteiger partial charge in [-0.3, -0.25) is 4.79 Å². The number of aromatic nitrogens is 1. The van der Waals surface area contributed by atoms with Gasteiger partial charge < -0.3 is 10.6 Å². The summed E-state index contributed by atoms with van der Waals surface area (Å²) in [6, 6.07) is 4.27. The summed E-state index contributed by atoms with van der Waals surface area (Å²) >= 11 is 1.70. The molecule has 0 bridgehead atoms. The van der Waals surface area contributed by atoms with E-state index in [0.29, 0.717) is 6.54 Å². The molecule has 1 aromatic carbocycles. The summed E-state index contributed by atoms with van der Waals surface area (Å²) in [5.74, 6) is -0.235. The molecule has 3 rings (SSSR count). The van der Waals surface area contributed by atoms with E-state index in [1.165, 1.54) is 15.8 Å². The molecule has 0 radical (unpaired) electrons. The number of hydrogen-bond donors (Lipinski definition) is 1. The first-order valence-corrected chi connectivity index (χ1v) is 7.79. The third-order valence-electron chi connectivity index (χ3n) is 4.17. The number of piperidine rings is 1. The van der Waals surface area contributed by atoms with Gasteiger partial charge in [-0.1, -0.05) is 17.4 Å². The van der Waals surface area contributed by atoms with Crippen LogP contribution in [0.2, 0.25) is 0 Å². The lowest BCUT2D eigenvalue weighted by atomic mass is 9.98. The summed E-state index contributed by atoms with van der Waals surface area (Å²) in [6.45, 7) is 5.89. The first-order valence-electron chi connectivity index (χ1n) is 6.97. The van der Waals surface area contributed by atoms with Gasteiger partial charge in [0.1, 0.15) is 0 Å². The smallest absolute Gasteiger partial charge is 0.222 e. The maximum atomic E-state index is 11.4. The molecule has 2 heterocycles. The van der Waals surface area contributed by atoms with Crippen LogP contribution in [0.15, 0.2) is 12.1 Å². The number of nitrogens with two attached hydrogens (primary N) is 1. The van der Waals surface area contributed by atoms with Crippen molar-refractivity contribution in [2.75, 3.05) is 18.0 Å². The Morgan fingerprint density at radius 1 is 1.45 bits per heavy atom. The van der Waals surface area contributed by atoms with Crippen LogP contribution in [0, 0.1) is 19.8 Å². The molecule has 2 N–H and O–H groups in total. The van der Waals surface area contributed by atoms with E-state index in [2.05, 4.69) is 30.9 Å². The summed E-state index contributed by atoms with van der Waals surface area (Å²) in [5.41, 5.74) is 9.04. The second kappa shape index (κ2) is 5.05. The molecular weight excluding hydrogens is 270 g/mol. The normalized spacial score (nSPS) is 19.5. The van der Waals surface area contributed by atoms with Gasteiger partial charge in [0, 0.05) is 13.1 Å². The fourth-order valence-corrected chi connectivity index (χ4v) is 3.79. The Labute approximate surface area is 122 Å². The van der Waals surface area contributed by atoms with Gasteiger partial charge in [0.15, 0.2) is 5.13 Å². The Hall–Kier alpha value is -1.62. The Kier molecular flexibility index (Phi) is 3.38. The van der Waals surface area contributed by atoms with E-state index < -0.39 is 0 Å². The summed E-state index contributed by atoms with van der Waals surface area (Å²) < 4.78 is 1.21. The van der Waals surface area contributed by atoms with Gasteiger partial charge in [0.25, 0.3) is 0 Å². The Morgan fingerprint density at radius 2 is 2.25 bits per heavy atom. The number of rotatable bonds is 2. The van der Waals surface area contributed by atoms with E-state index in [1.807, 2.05) is 0 Å². The minimum atomic E-state index is -0.192. The SMILES string of the molecule is Cc1ccc2sc(N3CCCC(C(N)=O)C3)nc2c1C. The number of primary amides is 1. The van der Waals surface area contributed by atoms with Gasteiger partial charge >= 0.3 is 0 Å². The molecule has 1 aliphatic rings. The zero-order valence-corrected chi connectivity index (χ0v) is 12.7. The minimum absolute atomic E-state index is 0.0430. The second-order valence-electron chi connectivity index (χ2n) is 5.54. The molecular formula is C15H19N3OS. The zero-order valence-electron chi connectivity index (χ0n) is 11.8. The number of anilines is 1. The van der Waals surface area contributed by atoms with E-state index in [0.717, 1.165) is 30.0 Å². The predicted octanol–water partition coefficient (Wildman–Crippen LogP) is 2.61. The average Bonchev–Trinajstić information content (AvgIpc) is 2.88. The van der Waals surface area contributed by atoms with Gasteiger partial charge in [0.05, 0.1) is 16.1 Å². The van der Waals surface area contributed by atoms with Crippen LogP contribution in [-0.2, 0) is 4.79 Å². The second-order valence-corrected chi connectivity index (χ2v) is 6.55. The van der Waals surface area contributed by atoms with Crippen molar-refractivity contribution in [1.82, 2.24) is 4.98 Å². The fraction of sp³-hybridized carbons (Fsp3) is 0.467. The van der Waals surface area contributed by atoms with Crippen molar-refractivity contribution in [3.05, 3.63) is 23.3 Å². The van der Waals surface area contributed by atoms with Crippen molar-refractivity contribution in [2.24, 2.45) is 11.7 Å². The Balaban J connectivity index is 1.94. The highest BCUT2D eigenvalue weighted by atomic mass is 32.1. The Bertz CT molecular complexity index is 664. The van der Waals surface area contributed by atoms with Gasteiger partial charge in [-0.25, -0.2) is 4.98 Å². The van der Waals surface area contributed by atoms with Gasteiger partial charge in [-0.15, -0.1) is 0 Å². The monoisotopic (exact) mass is 289 g/mol. The number of aryl methyl sites for hydroxylation is 2. The maximum absolute atomic E-state index is 11.4. The Morgan fingerprint density at radius 3 is 3.00 bits per heavy atom. The molecule has 5 heteroatoms. The molecule has 1 aromatic heterocycles. The largest absolute Gasteiger partial charge is 0.369 e. The minimum Gasteiger partial charge on any atom is -0.369 e. The van der Waals surface area contributed by atoms with Crippen LogP contribution in [0.3, 0.4) is 0 Å². The van der Waals surface area contributed by atoms with Crippen LogP contribution in [0.1, 0.15) is 24.0 Å². The third kappa shape index (κ3) is 2.26. The van der Waals surface area contributed by atoms with Crippen molar-refractivity contribution in [3.63, 3.8) is 0 Å². The molecule has 1 saturated heterocycles. The molecule has 0 saturated carbocycles. The van der Waals surface area contributed by atoms with Gasteiger partial charge in [-0.05, 0) is 43.9 Å². The van der Waals surface area contributed by atoms with E-state index in [-0.39, 0.29) is 11.8 Å². The molecule has 1 fully saturated rings. The van der Waals surface area contributed by atoms with Crippen LogP contribution in [0.5, 0.6) is 0 Å². The average molecular weight is 289 g/mol. The zero-order chi connectivity index (χ0) is 14.3. The van der Waals surface area contributed by atoms with Gasteiger partial charge in [0.2, 0.25) is 5.91 Å². The maximum Gasteiger partial charge on any atom is 0.222 e. The topological polar surface area (TPSA) is 59.2 Å². The summed E-state index contributed by atoms with van der Waals surface area (Å²) in [6.07, 6.45) is 1.90. The molecule has 0 aliphatic carbocycles. The van der Waals surface area contributed by atoms with Crippen molar-refractivity contribution in [3.8, 4) is 0 Å². The third-order valence-corrected chi connectivity index (χ3v) is 5.25. The lowest BCUT2D eigenvalue weighted by molar-refractivity contribution is -0.122.